The minimum absolute atomic E-state index is 0. The molecule has 1 saturated carbocycles. The number of Topliss-reactive ketones (excluding diaryl/α,β-unsaturated/α-hetero) is 1. The Hall–Kier alpha value is -1.26. The fraction of sp³-hybridized carbons (Fsp3) is 0.632. The Kier molecular flexibility index (Phi) is 5.67. The predicted octanol–water partition coefficient (Wildman–Crippen LogP) is 4.06. The number of hydrogen-bond acceptors (Lipinski definition) is 4. The van der Waals surface area contributed by atoms with E-state index in [1.807, 2.05) is 18.2 Å². The zero-order chi connectivity index (χ0) is 15.6. The fourth-order valence-corrected chi connectivity index (χ4v) is 4.37. The summed E-state index contributed by atoms with van der Waals surface area (Å²) in [5.74, 6) is 2.24. The number of rotatable bonds is 4. The van der Waals surface area contributed by atoms with E-state index in [4.69, 9.17) is 9.47 Å². The molecule has 4 rings (SSSR count). The number of carbonyl (C=O) groups excluding carboxylic acids is 1. The first-order valence-electron chi connectivity index (χ1n) is 9.01. The molecule has 2 heterocycles. The number of halogens is 1. The molecular formula is C19H26ClNO3. The number of hydrogen-bond donors (Lipinski definition) is 0. The molecule has 1 atom stereocenters. The van der Waals surface area contributed by atoms with Crippen LogP contribution in [0.5, 0.6) is 11.5 Å². The van der Waals surface area contributed by atoms with Gasteiger partial charge in [-0.2, -0.15) is 0 Å². The van der Waals surface area contributed by atoms with Crippen molar-refractivity contribution in [1.29, 1.82) is 0 Å². The quantitative estimate of drug-likeness (QED) is 0.767. The molecule has 0 bridgehead atoms. The van der Waals surface area contributed by atoms with E-state index in [-0.39, 0.29) is 31.0 Å². The molecule has 0 aromatic heterocycles. The summed E-state index contributed by atoms with van der Waals surface area (Å²) >= 11 is 0. The highest BCUT2D eigenvalue weighted by Crippen LogP contribution is 2.36. The van der Waals surface area contributed by atoms with E-state index in [1.165, 1.54) is 44.9 Å². The smallest absolute Gasteiger partial charge is 0.231 e. The normalized spacial score (nSPS) is 22.2. The number of likely N-dealkylation sites (tertiary alicyclic amines) is 1. The van der Waals surface area contributed by atoms with Crippen molar-refractivity contribution in [2.24, 2.45) is 5.92 Å². The molecule has 0 N–H and O–H groups in total. The molecule has 0 radical (unpaired) electrons. The second kappa shape index (κ2) is 7.75. The number of nitrogens with zero attached hydrogens (tertiary/aromatic N) is 1. The highest BCUT2D eigenvalue weighted by molar-refractivity contribution is 6.01. The van der Waals surface area contributed by atoms with E-state index >= 15 is 0 Å². The summed E-state index contributed by atoms with van der Waals surface area (Å²) in [6.07, 6.45) is 8.68. The van der Waals surface area contributed by atoms with Crippen molar-refractivity contribution >= 4 is 18.2 Å². The summed E-state index contributed by atoms with van der Waals surface area (Å²) in [4.78, 5) is 15.7. The summed E-state index contributed by atoms with van der Waals surface area (Å²) in [5.41, 5.74) is 0.775. The van der Waals surface area contributed by atoms with E-state index in [1.54, 1.807) is 0 Å². The Morgan fingerprint density at radius 3 is 2.46 bits per heavy atom. The average Bonchev–Trinajstić information content (AvgIpc) is 3.27. The second-order valence-corrected chi connectivity index (χ2v) is 7.02. The van der Waals surface area contributed by atoms with E-state index in [9.17, 15) is 4.79 Å². The predicted molar refractivity (Wildman–Crippen MR) is 95.3 cm³/mol. The molecule has 2 fully saturated rings. The van der Waals surface area contributed by atoms with Crippen molar-refractivity contribution in [3.8, 4) is 11.5 Å². The van der Waals surface area contributed by atoms with Crippen molar-refractivity contribution in [2.45, 2.75) is 51.0 Å². The maximum absolute atomic E-state index is 13.3. The number of benzene rings is 1. The maximum Gasteiger partial charge on any atom is 0.231 e. The second-order valence-electron chi connectivity index (χ2n) is 7.02. The van der Waals surface area contributed by atoms with Crippen LogP contribution in [-0.2, 0) is 0 Å². The van der Waals surface area contributed by atoms with Crippen LogP contribution in [0.3, 0.4) is 0 Å². The van der Waals surface area contributed by atoms with Gasteiger partial charge in [0.2, 0.25) is 6.79 Å². The van der Waals surface area contributed by atoms with Crippen LogP contribution < -0.4 is 9.47 Å². The van der Waals surface area contributed by atoms with Gasteiger partial charge in [0, 0.05) is 5.56 Å². The Bertz CT molecular complexity index is 580. The lowest BCUT2D eigenvalue weighted by atomic mass is 9.80. The summed E-state index contributed by atoms with van der Waals surface area (Å²) in [6.45, 7) is 2.39. The van der Waals surface area contributed by atoms with Crippen LogP contribution in [0, 0.1) is 5.92 Å². The summed E-state index contributed by atoms with van der Waals surface area (Å²) in [7, 11) is 0. The Morgan fingerprint density at radius 2 is 1.71 bits per heavy atom. The van der Waals surface area contributed by atoms with Crippen LogP contribution in [0.25, 0.3) is 0 Å². The average molecular weight is 352 g/mol. The molecular weight excluding hydrogens is 326 g/mol. The molecule has 1 unspecified atom stereocenters. The molecule has 3 aliphatic rings. The van der Waals surface area contributed by atoms with Crippen molar-refractivity contribution < 1.29 is 14.3 Å². The summed E-state index contributed by atoms with van der Waals surface area (Å²) in [6, 6.07) is 5.70. The number of carbonyl (C=O) groups is 1. The Balaban J connectivity index is 0.00000169. The minimum atomic E-state index is 0. The third-order valence-electron chi connectivity index (χ3n) is 5.56. The van der Waals surface area contributed by atoms with Gasteiger partial charge in [-0.3, -0.25) is 9.69 Å². The molecule has 24 heavy (non-hydrogen) atoms. The molecule has 5 heteroatoms. The highest BCUT2D eigenvalue weighted by atomic mass is 35.5. The lowest BCUT2D eigenvalue weighted by Crippen LogP contribution is -2.45. The van der Waals surface area contributed by atoms with Crippen LogP contribution in [-0.4, -0.2) is 36.6 Å². The van der Waals surface area contributed by atoms with Crippen molar-refractivity contribution in [2.75, 3.05) is 19.9 Å². The van der Waals surface area contributed by atoms with Gasteiger partial charge in [-0.25, -0.2) is 0 Å². The van der Waals surface area contributed by atoms with E-state index < -0.39 is 0 Å². The van der Waals surface area contributed by atoms with Crippen molar-refractivity contribution in [3.63, 3.8) is 0 Å². The van der Waals surface area contributed by atoms with Crippen LogP contribution in [0.2, 0.25) is 0 Å². The van der Waals surface area contributed by atoms with Gasteiger partial charge in [-0.15, -0.1) is 12.4 Å². The molecule has 2 aliphatic heterocycles. The largest absolute Gasteiger partial charge is 0.454 e. The third kappa shape index (κ3) is 3.40. The monoisotopic (exact) mass is 351 g/mol. The van der Waals surface area contributed by atoms with Crippen LogP contribution >= 0.6 is 12.4 Å². The van der Waals surface area contributed by atoms with Gasteiger partial charge < -0.3 is 9.47 Å². The maximum atomic E-state index is 13.3. The minimum Gasteiger partial charge on any atom is -0.454 e. The number of fused-ring (bicyclic) bond motifs is 1. The van der Waals surface area contributed by atoms with Crippen molar-refractivity contribution in [3.05, 3.63) is 23.8 Å². The summed E-state index contributed by atoms with van der Waals surface area (Å²) < 4.78 is 10.8. The van der Waals surface area contributed by atoms with Gasteiger partial charge in [0.05, 0.1) is 6.04 Å². The zero-order valence-electron chi connectivity index (χ0n) is 14.0. The van der Waals surface area contributed by atoms with E-state index in [0.29, 0.717) is 11.7 Å². The lowest BCUT2D eigenvalue weighted by Gasteiger charge is -2.35. The number of ether oxygens (including phenoxy) is 2. The third-order valence-corrected chi connectivity index (χ3v) is 5.56. The van der Waals surface area contributed by atoms with Gasteiger partial charge in [0.25, 0.3) is 0 Å². The van der Waals surface area contributed by atoms with Crippen LogP contribution in [0.4, 0.5) is 0 Å². The molecule has 0 amide bonds. The number of ketones is 1. The Morgan fingerprint density at radius 1 is 1.00 bits per heavy atom. The molecule has 132 valence electrons. The first kappa shape index (κ1) is 17.6. The summed E-state index contributed by atoms with van der Waals surface area (Å²) in [5, 5.41) is 0. The fourth-order valence-electron chi connectivity index (χ4n) is 4.37. The molecule has 4 nitrogen and oxygen atoms in total. The molecule has 1 aromatic carbocycles. The molecule has 1 aromatic rings. The standard InChI is InChI=1S/C19H25NO3.ClH/c21-19(15-8-9-16-17(12-15)23-13-22-16)18(20-10-4-5-11-20)14-6-2-1-3-7-14;/h8-9,12,14,18H,1-7,10-11,13H2;1H. The lowest BCUT2D eigenvalue weighted by molar-refractivity contribution is 0.0720. The van der Waals surface area contributed by atoms with Crippen LogP contribution in [0.15, 0.2) is 18.2 Å². The molecule has 0 spiro atoms. The highest BCUT2D eigenvalue weighted by Gasteiger charge is 2.36. The van der Waals surface area contributed by atoms with E-state index in [0.717, 1.165) is 24.4 Å². The first-order chi connectivity index (χ1) is 11.3. The van der Waals surface area contributed by atoms with Gasteiger partial charge in [-0.05, 0) is 62.9 Å². The van der Waals surface area contributed by atoms with Gasteiger partial charge >= 0.3 is 0 Å². The Labute approximate surface area is 149 Å². The van der Waals surface area contributed by atoms with Crippen molar-refractivity contribution in [1.82, 2.24) is 4.90 Å². The van der Waals surface area contributed by atoms with Gasteiger partial charge in [0.15, 0.2) is 17.3 Å². The topological polar surface area (TPSA) is 38.8 Å². The molecule has 1 saturated heterocycles. The van der Waals surface area contributed by atoms with E-state index in [2.05, 4.69) is 4.90 Å². The zero-order valence-corrected chi connectivity index (χ0v) is 14.9. The SMILES string of the molecule is Cl.O=C(c1ccc2c(c1)OCO2)C(C1CCCCC1)N1CCCC1. The van der Waals surface area contributed by atoms with Crippen LogP contribution in [0.1, 0.15) is 55.3 Å². The van der Waals surface area contributed by atoms with Gasteiger partial charge in [0.1, 0.15) is 0 Å². The van der Waals surface area contributed by atoms with Gasteiger partial charge in [-0.1, -0.05) is 19.3 Å². The molecule has 1 aliphatic carbocycles. The first-order valence-corrected chi connectivity index (χ1v) is 9.01.